The minimum atomic E-state index is -1.20. The average Bonchev–Trinajstić information content (AvgIpc) is 3.62. The van der Waals surface area contributed by atoms with E-state index in [0.29, 0.717) is 60.7 Å². The van der Waals surface area contributed by atoms with E-state index in [9.17, 15) is 14.3 Å². The lowest BCUT2D eigenvalue weighted by Gasteiger charge is -2.31. The van der Waals surface area contributed by atoms with Gasteiger partial charge in [0.2, 0.25) is 5.88 Å². The molecule has 0 amide bonds. The van der Waals surface area contributed by atoms with Crippen molar-refractivity contribution in [2.45, 2.75) is 52.1 Å². The Hall–Kier alpha value is -4.55. The zero-order chi connectivity index (χ0) is 31.5. The van der Waals surface area contributed by atoms with E-state index in [4.69, 9.17) is 21.1 Å². The number of nitrogens with zero attached hydrogens (tertiary/aromatic N) is 6. The van der Waals surface area contributed by atoms with Crippen molar-refractivity contribution in [3.8, 4) is 11.6 Å². The number of fused-ring (bicyclic) bond motifs is 1. The third-order valence-corrected chi connectivity index (χ3v) is 8.07. The van der Waals surface area contributed by atoms with E-state index in [1.807, 2.05) is 22.1 Å². The van der Waals surface area contributed by atoms with Gasteiger partial charge in [0.05, 0.1) is 41.9 Å². The average molecular weight is 637 g/mol. The van der Waals surface area contributed by atoms with Crippen LogP contribution in [0.25, 0.3) is 11.0 Å². The summed E-state index contributed by atoms with van der Waals surface area (Å²) in [5, 5.41) is 9.84. The summed E-state index contributed by atoms with van der Waals surface area (Å²) in [7, 11) is 0. The SMILES string of the molecule is CCn1cncc1Cn1c(CN2CCC(Oc3cccc(COc4ccc(Cl)cc4F)n3)CC2)nc2c(F)cc(C(=O)O)cc21. The summed E-state index contributed by atoms with van der Waals surface area (Å²) in [6, 6.07) is 12.1. The summed E-state index contributed by atoms with van der Waals surface area (Å²) in [5.74, 6) is -1.21. The Labute approximate surface area is 262 Å². The molecule has 0 radical (unpaired) electrons. The van der Waals surface area contributed by atoms with Crippen molar-refractivity contribution in [2.24, 2.45) is 0 Å². The molecule has 13 heteroatoms. The second-order valence-corrected chi connectivity index (χ2v) is 11.3. The number of hydrogen-bond donors (Lipinski definition) is 1. The van der Waals surface area contributed by atoms with Crippen LogP contribution in [0.4, 0.5) is 8.78 Å². The van der Waals surface area contributed by atoms with E-state index >= 15 is 4.39 Å². The predicted molar refractivity (Wildman–Crippen MR) is 163 cm³/mol. The van der Waals surface area contributed by atoms with Crippen LogP contribution in [0.15, 0.2) is 61.1 Å². The van der Waals surface area contributed by atoms with Crippen LogP contribution in [0.1, 0.15) is 47.3 Å². The Bertz CT molecular complexity index is 1840. The maximum atomic E-state index is 15.0. The number of likely N-dealkylation sites (tertiary alicyclic amines) is 1. The summed E-state index contributed by atoms with van der Waals surface area (Å²) in [5.41, 5.74) is 1.95. The summed E-state index contributed by atoms with van der Waals surface area (Å²) < 4.78 is 44.7. The van der Waals surface area contributed by atoms with Gasteiger partial charge in [-0.3, -0.25) is 4.90 Å². The van der Waals surface area contributed by atoms with Gasteiger partial charge in [-0.15, -0.1) is 0 Å². The van der Waals surface area contributed by atoms with Gasteiger partial charge >= 0.3 is 5.97 Å². The zero-order valence-electron chi connectivity index (χ0n) is 24.5. The fourth-order valence-corrected chi connectivity index (χ4v) is 5.64. The first-order valence-corrected chi connectivity index (χ1v) is 15.0. The van der Waals surface area contributed by atoms with E-state index in [2.05, 4.69) is 19.9 Å². The van der Waals surface area contributed by atoms with Crippen molar-refractivity contribution in [1.29, 1.82) is 0 Å². The van der Waals surface area contributed by atoms with Crippen LogP contribution in [0, 0.1) is 11.6 Å². The molecule has 2 aromatic carbocycles. The first-order chi connectivity index (χ1) is 21.8. The van der Waals surface area contributed by atoms with E-state index in [0.717, 1.165) is 24.6 Å². The molecule has 0 aliphatic carbocycles. The highest BCUT2D eigenvalue weighted by Gasteiger charge is 2.25. The van der Waals surface area contributed by atoms with Crippen molar-refractivity contribution >= 4 is 28.6 Å². The predicted octanol–water partition coefficient (Wildman–Crippen LogP) is 5.95. The third-order valence-electron chi connectivity index (χ3n) is 7.83. The molecule has 6 rings (SSSR count). The van der Waals surface area contributed by atoms with Crippen LogP contribution in [0.5, 0.6) is 11.6 Å². The van der Waals surface area contributed by atoms with Gasteiger partial charge in [0.1, 0.15) is 24.1 Å². The molecule has 0 saturated carbocycles. The second-order valence-electron chi connectivity index (χ2n) is 10.8. The molecule has 1 N–H and O–H groups in total. The van der Waals surface area contributed by atoms with Crippen molar-refractivity contribution in [1.82, 2.24) is 29.0 Å². The van der Waals surface area contributed by atoms with Gasteiger partial charge in [0.25, 0.3) is 0 Å². The number of aromatic nitrogens is 5. The highest BCUT2D eigenvalue weighted by atomic mass is 35.5. The Morgan fingerprint density at radius 2 is 1.89 bits per heavy atom. The first-order valence-electron chi connectivity index (χ1n) is 14.6. The number of rotatable bonds is 11. The van der Waals surface area contributed by atoms with E-state index in [1.54, 1.807) is 30.7 Å². The summed E-state index contributed by atoms with van der Waals surface area (Å²) in [6.07, 6.45) is 4.90. The number of imidazole rings is 2. The van der Waals surface area contributed by atoms with Crippen molar-refractivity contribution in [3.63, 3.8) is 0 Å². The van der Waals surface area contributed by atoms with Gasteiger partial charge in [0, 0.05) is 36.9 Å². The highest BCUT2D eigenvalue weighted by Crippen LogP contribution is 2.26. The summed E-state index contributed by atoms with van der Waals surface area (Å²) in [6.45, 7) is 5.04. The van der Waals surface area contributed by atoms with Gasteiger partial charge in [-0.25, -0.2) is 28.5 Å². The fourth-order valence-electron chi connectivity index (χ4n) is 5.48. The van der Waals surface area contributed by atoms with E-state index < -0.39 is 17.6 Å². The van der Waals surface area contributed by atoms with Crippen LogP contribution >= 0.6 is 11.6 Å². The third kappa shape index (κ3) is 6.91. The normalized spacial score (nSPS) is 14.2. The summed E-state index contributed by atoms with van der Waals surface area (Å²) >= 11 is 5.81. The van der Waals surface area contributed by atoms with E-state index in [-0.39, 0.29) is 29.5 Å². The number of piperidine rings is 1. The minimum absolute atomic E-state index is 0.0630. The maximum Gasteiger partial charge on any atom is 0.335 e. The molecule has 1 aliphatic heterocycles. The summed E-state index contributed by atoms with van der Waals surface area (Å²) in [4.78, 5) is 27.3. The monoisotopic (exact) mass is 636 g/mol. The van der Waals surface area contributed by atoms with Gasteiger partial charge in [-0.2, -0.15) is 0 Å². The Balaban J connectivity index is 1.12. The van der Waals surface area contributed by atoms with Crippen LogP contribution in [0.3, 0.4) is 0 Å². The number of halogens is 3. The number of carbonyl (C=O) groups is 1. The molecule has 3 aromatic heterocycles. The minimum Gasteiger partial charge on any atom is -0.484 e. The largest absolute Gasteiger partial charge is 0.484 e. The van der Waals surface area contributed by atoms with Crippen LogP contribution < -0.4 is 9.47 Å². The van der Waals surface area contributed by atoms with Crippen LogP contribution in [-0.2, 0) is 26.2 Å². The first kappa shape index (κ1) is 30.5. The van der Waals surface area contributed by atoms with Gasteiger partial charge in [-0.1, -0.05) is 17.7 Å². The molecule has 0 spiro atoms. The number of hydrogen-bond acceptors (Lipinski definition) is 7. The molecule has 5 aromatic rings. The molecule has 234 valence electrons. The number of benzene rings is 2. The van der Waals surface area contributed by atoms with Crippen LogP contribution in [0.2, 0.25) is 5.02 Å². The van der Waals surface area contributed by atoms with Gasteiger partial charge < -0.3 is 23.7 Å². The lowest BCUT2D eigenvalue weighted by molar-refractivity contribution is 0.0696. The standard InChI is InChI=1S/C32H31ClF2N6O4/c1-2-40-19-36-15-23(40)16-41-27-13-20(32(42)43)12-26(35)31(27)38-29(41)17-39-10-8-24(9-11-39)45-30-5-3-4-22(37-30)18-44-28-7-6-21(33)14-25(28)34/h3-7,12-15,19,24H,2,8-11,16-18H2,1H3,(H,42,43). The highest BCUT2D eigenvalue weighted by molar-refractivity contribution is 6.30. The lowest BCUT2D eigenvalue weighted by Crippen LogP contribution is -2.38. The molecule has 45 heavy (non-hydrogen) atoms. The Kier molecular flexibility index (Phi) is 8.95. The molecule has 0 bridgehead atoms. The Morgan fingerprint density at radius 1 is 1.07 bits per heavy atom. The quantitative estimate of drug-likeness (QED) is 0.190. The van der Waals surface area contributed by atoms with Crippen molar-refractivity contribution < 1.29 is 28.2 Å². The smallest absolute Gasteiger partial charge is 0.335 e. The molecule has 0 atom stereocenters. The molecular weight excluding hydrogens is 606 g/mol. The molecule has 0 unspecified atom stereocenters. The molecular formula is C32H31ClF2N6O4. The van der Waals surface area contributed by atoms with Gasteiger partial charge in [0.15, 0.2) is 17.4 Å². The second kappa shape index (κ2) is 13.2. The van der Waals surface area contributed by atoms with Crippen molar-refractivity contribution in [3.05, 3.63) is 100 Å². The van der Waals surface area contributed by atoms with Crippen LogP contribution in [-0.4, -0.2) is 59.3 Å². The molecule has 10 nitrogen and oxygen atoms in total. The zero-order valence-corrected chi connectivity index (χ0v) is 25.3. The Morgan fingerprint density at radius 3 is 2.64 bits per heavy atom. The number of ether oxygens (including phenoxy) is 2. The van der Waals surface area contributed by atoms with Crippen molar-refractivity contribution in [2.75, 3.05) is 13.1 Å². The van der Waals surface area contributed by atoms with Gasteiger partial charge in [-0.05, 0) is 56.2 Å². The number of carboxylic acid groups (broad SMARTS) is 1. The van der Waals surface area contributed by atoms with E-state index in [1.165, 1.54) is 18.2 Å². The number of carboxylic acids is 1. The fraction of sp³-hybridized carbons (Fsp3) is 0.312. The molecule has 1 saturated heterocycles. The topological polar surface area (TPSA) is 108 Å². The molecule has 4 heterocycles. The molecule has 1 aliphatic rings. The maximum absolute atomic E-state index is 15.0. The number of aryl methyl sites for hydroxylation is 1. The number of pyridine rings is 1. The number of aromatic carboxylic acids is 1. The molecule has 1 fully saturated rings. The lowest BCUT2D eigenvalue weighted by atomic mass is 10.1.